The number of ether oxygens (including phenoxy) is 1. The fourth-order valence-corrected chi connectivity index (χ4v) is 2.46. The highest BCUT2D eigenvalue weighted by atomic mass is 16.5. The molecule has 0 aliphatic carbocycles. The Balaban J connectivity index is 2.09. The van der Waals surface area contributed by atoms with Gasteiger partial charge in [0.1, 0.15) is 0 Å². The van der Waals surface area contributed by atoms with E-state index >= 15 is 0 Å². The van der Waals surface area contributed by atoms with Crippen molar-refractivity contribution < 1.29 is 9.53 Å². The first-order valence-electron chi connectivity index (χ1n) is 5.16. The number of rotatable bonds is 1. The number of nitrogens with zero attached hydrogens (tertiary/aromatic N) is 1. The van der Waals surface area contributed by atoms with Crippen LogP contribution in [0.4, 0.5) is 0 Å². The molecule has 1 atom stereocenters. The Bertz CT molecular complexity index is 217. The topological polar surface area (TPSA) is 29.5 Å². The third kappa shape index (κ3) is 1.46. The van der Waals surface area contributed by atoms with Gasteiger partial charge in [-0.2, -0.15) is 0 Å². The van der Waals surface area contributed by atoms with E-state index in [9.17, 15) is 4.79 Å². The molecule has 0 aromatic heterocycles. The molecule has 0 aromatic carbocycles. The van der Waals surface area contributed by atoms with Crippen LogP contribution in [0, 0.1) is 5.41 Å². The molecule has 2 heterocycles. The highest BCUT2D eigenvalue weighted by Gasteiger charge is 2.46. The smallest absolute Gasteiger partial charge is 0.313 e. The standard InChI is InChI=1S/C10H17NO2/c1-2-11-6-3-4-10(8-11)5-7-13-9(10)12/h2-8H2,1H3. The second-order valence-electron chi connectivity index (χ2n) is 4.14. The lowest BCUT2D eigenvalue weighted by Crippen LogP contribution is -2.45. The van der Waals surface area contributed by atoms with Gasteiger partial charge in [-0.05, 0) is 32.4 Å². The van der Waals surface area contributed by atoms with Crippen LogP contribution in [0.1, 0.15) is 26.2 Å². The van der Waals surface area contributed by atoms with Gasteiger partial charge in [0.25, 0.3) is 0 Å². The van der Waals surface area contributed by atoms with E-state index in [1.165, 1.54) is 0 Å². The van der Waals surface area contributed by atoms with Gasteiger partial charge < -0.3 is 9.64 Å². The van der Waals surface area contributed by atoms with Crippen molar-refractivity contribution in [2.45, 2.75) is 26.2 Å². The minimum Gasteiger partial charge on any atom is -0.465 e. The summed E-state index contributed by atoms with van der Waals surface area (Å²) in [5.41, 5.74) is -0.131. The van der Waals surface area contributed by atoms with Crippen molar-refractivity contribution in [2.75, 3.05) is 26.2 Å². The lowest BCUT2D eigenvalue weighted by molar-refractivity contribution is -0.148. The number of piperidine rings is 1. The van der Waals surface area contributed by atoms with Crippen LogP contribution in [0.3, 0.4) is 0 Å². The first-order valence-corrected chi connectivity index (χ1v) is 5.16. The lowest BCUT2D eigenvalue weighted by Gasteiger charge is -2.36. The van der Waals surface area contributed by atoms with E-state index in [1.807, 2.05) is 0 Å². The maximum absolute atomic E-state index is 11.6. The number of carbonyl (C=O) groups excluding carboxylic acids is 1. The average Bonchev–Trinajstić information content (AvgIpc) is 2.48. The van der Waals surface area contributed by atoms with Crippen molar-refractivity contribution >= 4 is 5.97 Å². The van der Waals surface area contributed by atoms with Gasteiger partial charge in [-0.15, -0.1) is 0 Å². The Hall–Kier alpha value is -0.570. The maximum atomic E-state index is 11.6. The van der Waals surface area contributed by atoms with Gasteiger partial charge in [-0.1, -0.05) is 6.92 Å². The maximum Gasteiger partial charge on any atom is 0.313 e. The van der Waals surface area contributed by atoms with Crippen LogP contribution in [0.5, 0.6) is 0 Å². The Morgan fingerprint density at radius 2 is 2.38 bits per heavy atom. The SMILES string of the molecule is CCN1CCCC2(CCOC2=O)C1. The zero-order chi connectivity index (χ0) is 9.31. The van der Waals surface area contributed by atoms with Crippen LogP contribution < -0.4 is 0 Å². The molecule has 2 aliphatic rings. The Morgan fingerprint density at radius 3 is 3.00 bits per heavy atom. The van der Waals surface area contributed by atoms with Crippen molar-refractivity contribution in [3.05, 3.63) is 0 Å². The first kappa shape index (κ1) is 9.00. The summed E-state index contributed by atoms with van der Waals surface area (Å²) in [6, 6.07) is 0. The number of hydrogen-bond donors (Lipinski definition) is 0. The Labute approximate surface area is 79.0 Å². The minimum atomic E-state index is -0.131. The molecule has 2 saturated heterocycles. The summed E-state index contributed by atoms with van der Waals surface area (Å²) in [7, 11) is 0. The zero-order valence-electron chi connectivity index (χ0n) is 8.21. The van der Waals surface area contributed by atoms with E-state index in [2.05, 4.69) is 11.8 Å². The van der Waals surface area contributed by atoms with Crippen molar-refractivity contribution in [1.82, 2.24) is 4.90 Å². The summed E-state index contributed by atoms with van der Waals surface area (Å²) in [5, 5.41) is 0. The molecule has 0 bridgehead atoms. The average molecular weight is 183 g/mol. The van der Waals surface area contributed by atoms with Crippen LogP contribution in [0.2, 0.25) is 0 Å². The zero-order valence-corrected chi connectivity index (χ0v) is 8.21. The summed E-state index contributed by atoms with van der Waals surface area (Å²) >= 11 is 0. The van der Waals surface area contributed by atoms with Gasteiger partial charge >= 0.3 is 5.97 Å². The van der Waals surface area contributed by atoms with Crippen molar-refractivity contribution in [3.63, 3.8) is 0 Å². The summed E-state index contributed by atoms with van der Waals surface area (Å²) in [4.78, 5) is 13.9. The van der Waals surface area contributed by atoms with Crippen LogP contribution in [-0.4, -0.2) is 37.1 Å². The fraction of sp³-hybridized carbons (Fsp3) is 0.900. The van der Waals surface area contributed by atoms with E-state index in [0.717, 1.165) is 38.9 Å². The summed E-state index contributed by atoms with van der Waals surface area (Å²) in [6.45, 7) is 5.90. The number of carbonyl (C=O) groups is 1. The summed E-state index contributed by atoms with van der Waals surface area (Å²) in [5.74, 6) is 0.0469. The fourth-order valence-electron chi connectivity index (χ4n) is 2.46. The van der Waals surface area contributed by atoms with E-state index < -0.39 is 0 Å². The van der Waals surface area contributed by atoms with Crippen LogP contribution >= 0.6 is 0 Å². The van der Waals surface area contributed by atoms with Gasteiger partial charge in [-0.3, -0.25) is 4.79 Å². The number of hydrogen-bond acceptors (Lipinski definition) is 3. The largest absolute Gasteiger partial charge is 0.465 e. The molecular formula is C10H17NO2. The van der Waals surface area contributed by atoms with Crippen molar-refractivity contribution in [2.24, 2.45) is 5.41 Å². The minimum absolute atomic E-state index is 0.0469. The Kier molecular flexibility index (Phi) is 2.28. The molecule has 2 rings (SSSR count). The molecule has 3 heteroatoms. The van der Waals surface area contributed by atoms with Gasteiger partial charge in [0.15, 0.2) is 0 Å². The van der Waals surface area contributed by atoms with Crippen LogP contribution in [0.15, 0.2) is 0 Å². The quantitative estimate of drug-likeness (QED) is 0.569. The molecule has 2 fully saturated rings. The third-order valence-corrected chi connectivity index (χ3v) is 3.35. The van der Waals surface area contributed by atoms with Gasteiger partial charge in [0.05, 0.1) is 12.0 Å². The van der Waals surface area contributed by atoms with Crippen molar-refractivity contribution in [3.8, 4) is 0 Å². The molecular weight excluding hydrogens is 166 g/mol. The molecule has 0 saturated carbocycles. The van der Waals surface area contributed by atoms with E-state index in [4.69, 9.17) is 4.74 Å². The Morgan fingerprint density at radius 1 is 1.54 bits per heavy atom. The van der Waals surface area contributed by atoms with E-state index in [0.29, 0.717) is 6.61 Å². The second-order valence-corrected chi connectivity index (χ2v) is 4.14. The molecule has 0 N–H and O–H groups in total. The number of likely N-dealkylation sites (tertiary alicyclic amines) is 1. The third-order valence-electron chi connectivity index (χ3n) is 3.35. The van der Waals surface area contributed by atoms with Crippen LogP contribution in [-0.2, 0) is 9.53 Å². The molecule has 1 unspecified atom stereocenters. The predicted octanol–water partition coefficient (Wildman–Crippen LogP) is 1.04. The second kappa shape index (κ2) is 3.29. The molecule has 0 aromatic rings. The summed E-state index contributed by atoms with van der Waals surface area (Å²) < 4.78 is 5.07. The first-order chi connectivity index (χ1) is 6.27. The normalized spacial score (nSPS) is 35.3. The molecule has 3 nitrogen and oxygen atoms in total. The highest BCUT2D eigenvalue weighted by molar-refractivity contribution is 5.79. The molecule has 1 spiro atoms. The summed E-state index contributed by atoms with van der Waals surface area (Å²) in [6.07, 6.45) is 3.10. The predicted molar refractivity (Wildman–Crippen MR) is 49.4 cm³/mol. The molecule has 2 aliphatic heterocycles. The van der Waals surface area contributed by atoms with Gasteiger partial charge in [-0.25, -0.2) is 0 Å². The monoisotopic (exact) mass is 183 g/mol. The van der Waals surface area contributed by atoms with Gasteiger partial charge in [0, 0.05) is 6.54 Å². The molecule has 0 radical (unpaired) electrons. The molecule has 74 valence electrons. The van der Waals surface area contributed by atoms with E-state index in [1.54, 1.807) is 0 Å². The van der Waals surface area contributed by atoms with Crippen molar-refractivity contribution in [1.29, 1.82) is 0 Å². The van der Waals surface area contributed by atoms with E-state index in [-0.39, 0.29) is 11.4 Å². The number of cyclic esters (lactones) is 1. The highest BCUT2D eigenvalue weighted by Crippen LogP contribution is 2.38. The van der Waals surface area contributed by atoms with Gasteiger partial charge in [0.2, 0.25) is 0 Å². The van der Waals surface area contributed by atoms with Crippen LogP contribution in [0.25, 0.3) is 0 Å². The molecule has 13 heavy (non-hydrogen) atoms. The lowest BCUT2D eigenvalue weighted by atomic mass is 9.79. The molecule has 0 amide bonds. The number of esters is 1.